The molecule has 3 rings (SSSR count). The van der Waals surface area contributed by atoms with E-state index >= 15 is 0 Å². The van der Waals surface area contributed by atoms with E-state index in [2.05, 4.69) is 0 Å². The van der Waals surface area contributed by atoms with Crippen molar-refractivity contribution in [2.24, 2.45) is 0 Å². The van der Waals surface area contributed by atoms with Crippen molar-refractivity contribution in [3.05, 3.63) is 53.1 Å². The van der Waals surface area contributed by atoms with Crippen LogP contribution in [-0.2, 0) is 4.79 Å². The van der Waals surface area contributed by atoms with Crippen LogP contribution in [0.5, 0.6) is 17.2 Å². The molecule has 0 aromatic heterocycles. The molecule has 0 saturated heterocycles. The second-order valence-electron chi connectivity index (χ2n) is 4.80. The highest BCUT2D eigenvalue weighted by atomic mass is 16.5. The number of hydrogen-bond donors (Lipinski definition) is 1. The number of benzene rings is 2. The second-order valence-corrected chi connectivity index (χ2v) is 4.80. The fourth-order valence-electron chi connectivity index (χ4n) is 2.42. The van der Waals surface area contributed by atoms with E-state index in [4.69, 9.17) is 9.47 Å². The molecule has 20 heavy (non-hydrogen) atoms. The van der Waals surface area contributed by atoms with Crippen molar-refractivity contribution < 1.29 is 19.4 Å². The molecule has 4 nitrogen and oxygen atoms in total. The number of ether oxygens (including phenoxy) is 2. The Labute approximate surface area is 116 Å². The van der Waals surface area contributed by atoms with Crippen molar-refractivity contribution in [1.29, 1.82) is 0 Å². The number of carbonyl (C=O) groups excluding carboxylic acids is 1. The molecule has 0 saturated carbocycles. The van der Waals surface area contributed by atoms with Gasteiger partial charge >= 0.3 is 5.97 Å². The number of aryl methyl sites for hydroxylation is 1. The average molecular weight is 270 g/mol. The summed E-state index contributed by atoms with van der Waals surface area (Å²) >= 11 is 0. The molecule has 0 aliphatic carbocycles. The smallest absolute Gasteiger partial charge is 0.323 e. The van der Waals surface area contributed by atoms with Crippen LogP contribution in [0.1, 0.15) is 22.6 Å². The topological polar surface area (TPSA) is 55.8 Å². The molecular weight excluding hydrogens is 256 g/mol. The molecule has 1 aliphatic rings. The number of fused-ring (bicyclic) bond motifs is 1. The third-order valence-corrected chi connectivity index (χ3v) is 3.53. The van der Waals surface area contributed by atoms with Crippen molar-refractivity contribution in [2.45, 2.75) is 12.8 Å². The van der Waals surface area contributed by atoms with Gasteiger partial charge in [-0.05, 0) is 36.2 Å². The van der Waals surface area contributed by atoms with E-state index in [1.165, 1.54) is 6.07 Å². The van der Waals surface area contributed by atoms with Crippen LogP contribution in [0, 0.1) is 6.92 Å². The van der Waals surface area contributed by atoms with Crippen LogP contribution in [0.3, 0.4) is 0 Å². The summed E-state index contributed by atoms with van der Waals surface area (Å²) in [4.78, 5) is 12.1. The second kappa shape index (κ2) is 4.56. The van der Waals surface area contributed by atoms with Crippen molar-refractivity contribution in [3.63, 3.8) is 0 Å². The van der Waals surface area contributed by atoms with Gasteiger partial charge in [-0.15, -0.1) is 0 Å². The Morgan fingerprint density at radius 2 is 1.90 bits per heavy atom. The first kappa shape index (κ1) is 12.5. The Hall–Kier alpha value is -2.49. The lowest BCUT2D eigenvalue weighted by atomic mass is 9.91. The van der Waals surface area contributed by atoms with Gasteiger partial charge in [0, 0.05) is 11.6 Å². The maximum atomic E-state index is 12.1. The summed E-state index contributed by atoms with van der Waals surface area (Å²) in [6.07, 6.45) is 0. The lowest BCUT2D eigenvalue weighted by Gasteiger charge is -2.09. The fraction of sp³-hybridized carbons (Fsp3) is 0.188. The Balaban J connectivity index is 2.07. The average Bonchev–Trinajstić information content (AvgIpc) is 2.75. The molecule has 1 aliphatic heterocycles. The van der Waals surface area contributed by atoms with Crippen LogP contribution in [0.2, 0.25) is 0 Å². The fourth-order valence-corrected chi connectivity index (χ4v) is 2.42. The Kier molecular flexibility index (Phi) is 2.86. The first-order valence-electron chi connectivity index (χ1n) is 6.29. The molecule has 2 aromatic rings. The highest BCUT2D eigenvalue weighted by Gasteiger charge is 2.35. The number of phenolic OH excluding ortho intramolecular Hbond substituents is 1. The van der Waals surface area contributed by atoms with Gasteiger partial charge in [0.15, 0.2) is 0 Å². The van der Waals surface area contributed by atoms with Crippen LogP contribution in [0.15, 0.2) is 36.4 Å². The number of aromatic hydroxyl groups is 1. The van der Waals surface area contributed by atoms with Crippen LogP contribution in [-0.4, -0.2) is 18.2 Å². The normalized spacial score (nSPS) is 16.7. The van der Waals surface area contributed by atoms with E-state index in [-0.39, 0.29) is 11.7 Å². The molecule has 1 N–H and O–H groups in total. The van der Waals surface area contributed by atoms with Gasteiger partial charge in [0.2, 0.25) is 0 Å². The molecule has 2 aromatic carbocycles. The molecule has 1 heterocycles. The highest BCUT2D eigenvalue weighted by molar-refractivity contribution is 5.89. The first-order chi connectivity index (χ1) is 9.60. The predicted molar refractivity (Wildman–Crippen MR) is 73.3 cm³/mol. The molecule has 0 spiro atoms. The lowest BCUT2D eigenvalue weighted by Crippen LogP contribution is -2.11. The van der Waals surface area contributed by atoms with Crippen molar-refractivity contribution >= 4 is 5.97 Å². The van der Waals surface area contributed by atoms with E-state index < -0.39 is 5.92 Å². The summed E-state index contributed by atoms with van der Waals surface area (Å²) in [5, 5.41) is 9.69. The SMILES string of the molecule is COc1ccc(C2C(=O)Oc3cc(O)c(C)cc32)cc1. The summed E-state index contributed by atoms with van der Waals surface area (Å²) in [7, 11) is 1.60. The lowest BCUT2D eigenvalue weighted by molar-refractivity contribution is -0.133. The molecule has 4 heteroatoms. The minimum Gasteiger partial charge on any atom is -0.508 e. The van der Waals surface area contributed by atoms with Gasteiger partial charge in [-0.25, -0.2) is 0 Å². The maximum Gasteiger partial charge on any atom is 0.323 e. The first-order valence-corrected chi connectivity index (χ1v) is 6.29. The number of rotatable bonds is 2. The number of esters is 1. The summed E-state index contributed by atoms with van der Waals surface area (Å²) in [5.74, 6) is 0.526. The molecular formula is C16H14O4. The van der Waals surface area contributed by atoms with Gasteiger partial charge in [0.1, 0.15) is 23.2 Å². The number of carbonyl (C=O) groups is 1. The van der Waals surface area contributed by atoms with Crippen LogP contribution in [0.4, 0.5) is 0 Å². The van der Waals surface area contributed by atoms with Gasteiger partial charge in [-0.2, -0.15) is 0 Å². The van der Waals surface area contributed by atoms with Crippen molar-refractivity contribution in [3.8, 4) is 17.2 Å². The molecule has 102 valence electrons. The molecule has 0 radical (unpaired) electrons. The third kappa shape index (κ3) is 1.90. The minimum atomic E-state index is -0.449. The summed E-state index contributed by atoms with van der Waals surface area (Å²) in [6.45, 7) is 1.80. The van der Waals surface area contributed by atoms with Crippen molar-refractivity contribution in [1.82, 2.24) is 0 Å². The van der Waals surface area contributed by atoms with E-state index in [1.54, 1.807) is 20.1 Å². The van der Waals surface area contributed by atoms with E-state index in [0.717, 1.165) is 22.4 Å². The zero-order chi connectivity index (χ0) is 14.3. The molecule has 0 amide bonds. The Morgan fingerprint density at radius 1 is 1.20 bits per heavy atom. The molecule has 1 unspecified atom stereocenters. The standard InChI is InChI=1S/C16H14O4/c1-9-7-12-14(8-13(9)17)20-16(18)15(12)10-3-5-11(19-2)6-4-10/h3-8,15,17H,1-2H3. The quantitative estimate of drug-likeness (QED) is 0.673. The van der Waals surface area contributed by atoms with Gasteiger partial charge in [-0.1, -0.05) is 12.1 Å². The Bertz CT molecular complexity index is 674. The molecule has 1 atom stereocenters. The van der Waals surface area contributed by atoms with Crippen LogP contribution >= 0.6 is 0 Å². The number of methoxy groups -OCH3 is 1. The summed E-state index contributed by atoms with van der Waals surface area (Å²) in [6, 6.07) is 10.6. The third-order valence-electron chi connectivity index (χ3n) is 3.53. The zero-order valence-corrected chi connectivity index (χ0v) is 11.2. The number of phenols is 1. The van der Waals surface area contributed by atoms with E-state index in [9.17, 15) is 9.90 Å². The number of hydrogen-bond acceptors (Lipinski definition) is 4. The van der Waals surface area contributed by atoms with Gasteiger partial charge in [0.05, 0.1) is 7.11 Å². The van der Waals surface area contributed by atoms with Crippen molar-refractivity contribution in [2.75, 3.05) is 7.11 Å². The van der Waals surface area contributed by atoms with Gasteiger partial charge < -0.3 is 14.6 Å². The van der Waals surface area contributed by atoms with Crippen LogP contribution in [0.25, 0.3) is 0 Å². The largest absolute Gasteiger partial charge is 0.508 e. The Morgan fingerprint density at radius 3 is 2.55 bits per heavy atom. The zero-order valence-electron chi connectivity index (χ0n) is 11.2. The van der Waals surface area contributed by atoms with Gasteiger partial charge in [-0.3, -0.25) is 4.79 Å². The molecule has 0 fully saturated rings. The maximum absolute atomic E-state index is 12.1. The molecule has 0 bridgehead atoms. The van der Waals surface area contributed by atoms with Gasteiger partial charge in [0.25, 0.3) is 0 Å². The summed E-state index contributed by atoms with van der Waals surface area (Å²) in [5.41, 5.74) is 2.36. The minimum absolute atomic E-state index is 0.131. The highest BCUT2D eigenvalue weighted by Crippen LogP contribution is 2.42. The monoisotopic (exact) mass is 270 g/mol. The summed E-state index contributed by atoms with van der Waals surface area (Å²) < 4.78 is 10.3. The predicted octanol–water partition coefficient (Wildman–Crippen LogP) is 2.76. The van der Waals surface area contributed by atoms with E-state index in [0.29, 0.717) is 5.75 Å². The van der Waals surface area contributed by atoms with Crippen LogP contribution < -0.4 is 9.47 Å². The van der Waals surface area contributed by atoms with E-state index in [1.807, 2.05) is 24.3 Å².